The molecule has 1 aromatic carbocycles. The van der Waals surface area contributed by atoms with Crippen molar-refractivity contribution >= 4 is 5.91 Å². The lowest BCUT2D eigenvalue weighted by molar-refractivity contribution is 0.0938. The molecule has 0 aliphatic rings. The minimum Gasteiger partial charge on any atom is -0.447 e. The molecule has 2 rings (SSSR count). The Morgan fingerprint density at radius 1 is 1.15 bits per heavy atom. The molecule has 0 aliphatic heterocycles. The maximum absolute atomic E-state index is 12.1. The Balaban J connectivity index is 2.18. The first-order valence-electron chi connectivity index (χ1n) is 9.72. The van der Waals surface area contributed by atoms with Gasteiger partial charge in [0.25, 0.3) is 5.91 Å². The van der Waals surface area contributed by atoms with Gasteiger partial charge in [0.2, 0.25) is 5.89 Å². The topological polar surface area (TPSA) is 58.4 Å². The normalized spacial score (nSPS) is 12.8. The summed E-state index contributed by atoms with van der Waals surface area (Å²) in [7, 11) is 0. The molecule has 0 spiro atoms. The SMILES string of the molecule is Cc1ccc(CN(Cc2nc(C(=O)NC(C)C)co2)C(C)C(C)C)c(C)c1. The average Bonchev–Trinajstić information content (AvgIpc) is 3.04. The van der Waals surface area contributed by atoms with Gasteiger partial charge in [0, 0.05) is 18.6 Å². The standard InChI is InChI=1S/C22H33N3O2/c1-14(2)18(7)25(11-19-9-8-16(5)10-17(19)6)12-21-24-20(13-27-21)22(26)23-15(3)4/h8-10,13-15,18H,11-12H2,1-7H3,(H,23,26). The molecule has 0 radical (unpaired) electrons. The smallest absolute Gasteiger partial charge is 0.273 e. The molecule has 27 heavy (non-hydrogen) atoms. The molecule has 0 saturated heterocycles. The number of amides is 1. The number of benzene rings is 1. The lowest BCUT2D eigenvalue weighted by atomic mass is 10.0. The number of rotatable bonds is 8. The van der Waals surface area contributed by atoms with Gasteiger partial charge in [-0.3, -0.25) is 9.69 Å². The predicted molar refractivity (Wildman–Crippen MR) is 109 cm³/mol. The lowest BCUT2D eigenvalue weighted by Gasteiger charge is -2.31. The summed E-state index contributed by atoms with van der Waals surface area (Å²) < 4.78 is 5.60. The third-order valence-corrected chi connectivity index (χ3v) is 4.95. The highest BCUT2D eigenvalue weighted by Gasteiger charge is 2.22. The van der Waals surface area contributed by atoms with Crippen molar-refractivity contribution in [2.45, 2.75) is 73.6 Å². The number of carbonyl (C=O) groups is 1. The molecule has 5 nitrogen and oxygen atoms in total. The lowest BCUT2D eigenvalue weighted by Crippen LogP contribution is -2.36. The van der Waals surface area contributed by atoms with Crippen molar-refractivity contribution in [1.82, 2.24) is 15.2 Å². The fourth-order valence-corrected chi connectivity index (χ4v) is 3.01. The van der Waals surface area contributed by atoms with Gasteiger partial charge in [-0.1, -0.05) is 37.6 Å². The van der Waals surface area contributed by atoms with E-state index in [9.17, 15) is 4.79 Å². The van der Waals surface area contributed by atoms with E-state index in [4.69, 9.17) is 4.42 Å². The largest absolute Gasteiger partial charge is 0.447 e. The molecule has 0 bridgehead atoms. The molecular formula is C22H33N3O2. The molecule has 0 saturated carbocycles. The number of aryl methyl sites for hydroxylation is 2. The second kappa shape index (κ2) is 9.18. The Bertz CT molecular complexity index is 765. The Morgan fingerprint density at radius 2 is 1.85 bits per heavy atom. The van der Waals surface area contributed by atoms with Gasteiger partial charge in [0.1, 0.15) is 6.26 Å². The third kappa shape index (κ3) is 5.93. The zero-order valence-electron chi connectivity index (χ0n) is 17.7. The van der Waals surface area contributed by atoms with Crippen LogP contribution in [0.3, 0.4) is 0 Å². The van der Waals surface area contributed by atoms with E-state index in [1.54, 1.807) is 0 Å². The Hall–Kier alpha value is -2.14. The summed E-state index contributed by atoms with van der Waals surface area (Å²) in [5, 5.41) is 2.84. The minimum atomic E-state index is -0.196. The second-order valence-corrected chi connectivity index (χ2v) is 8.07. The molecule has 1 atom stereocenters. The van der Waals surface area contributed by atoms with E-state index in [2.05, 4.69) is 68.0 Å². The highest BCUT2D eigenvalue weighted by Crippen LogP contribution is 2.20. The summed E-state index contributed by atoms with van der Waals surface area (Å²) >= 11 is 0. The molecule has 1 amide bonds. The van der Waals surface area contributed by atoms with Crippen molar-refractivity contribution in [3.8, 4) is 0 Å². The van der Waals surface area contributed by atoms with E-state index in [1.807, 2.05) is 13.8 Å². The summed E-state index contributed by atoms with van der Waals surface area (Å²) in [6.45, 7) is 16.2. The number of nitrogens with one attached hydrogen (secondary N) is 1. The van der Waals surface area contributed by atoms with Gasteiger partial charge >= 0.3 is 0 Å². The Morgan fingerprint density at radius 3 is 2.44 bits per heavy atom. The zero-order chi connectivity index (χ0) is 20.1. The number of nitrogens with zero attached hydrogens (tertiary/aromatic N) is 2. The fourth-order valence-electron chi connectivity index (χ4n) is 3.01. The Labute approximate surface area is 163 Å². The molecule has 5 heteroatoms. The maximum Gasteiger partial charge on any atom is 0.273 e. The van der Waals surface area contributed by atoms with E-state index < -0.39 is 0 Å². The van der Waals surface area contributed by atoms with E-state index in [0.717, 1.165) is 6.54 Å². The van der Waals surface area contributed by atoms with Crippen LogP contribution in [0, 0.1) is 19.8 Å². The zero-order valence-corrected chi connectivity index (χ0v) is 17.7. The molecule has 1 unspecified atom stereocenters. The highest BCUT2D eigenvalue weighted by molar-refractivity contribution is 5.92. The van der Waals surface area contributed by atoms with Crippen LogP contribution in [-0.4, -0.2) is 27.9 Å². The molecule has 1 heterocycles. The molecular weight excluding hydrogens is 338 g/mol. The van der Waals surface area contributed by atoms with Crippen molar-refractivity contribution in [3.63, 3.8) is 0 Å². The van der Waals surface area contributed by atoms with Crippen LogP contribution in [0.25, 0.3) is 0 Å². The van der Waals surface area contributed by atoms with E-state index in [1.165, 1.54) is 23.0 Å². The fraction of sp³-hybridized carbons (Fsp3) is 0.545. The van der Waals surface area contributed by atoms with Crippen LogP contribution in [0.1, 0.15) is 67.7 Å². The summed E-state index contributed by atoms with van der Waals surface area (Å²) in [6.07, 6.45) is 1.45. The van der Waals surface area contributed by atoms with Crippen LogP contribution < -0.4 is 5.32 Å². The van der Waals surface area contributed by atoms with Crippen LogP contribution in [0.15, 0.2) is 28.9 Å². The van der Waals surface area contributed by atoms with Gasteiger partial charge < -0.3 is 9.73 Å². The number of oxazole rings is 1. The van der Waals surface area contributed by atoms with E-state index in [-0.39, 0.29) is 11.9 Å². The number of aromatic nitrogens is 1. The van der Waals surface area contributed by atoms with Crippen molar-refractivity contribution in [2.75, 3.05) is 0 Å². The van der Waals surface area contributed by atoms with E-state index >= 15 is 0 Å². The summed E-state index contributed by atoms with van der Waals surface area (Å²) in [4.78, 5) is 18.9. The predicted octanol–water partition coefficient (Wildman–Crippen LogP) is 4.48. The van der Waals surface area contributed by atoms with Gasteiger partial charge in [0.15, 0.2) is 5.69 Å². The first kappa shape index (κ1) is 21.2. The number of carbonyl (C=O) groups excluding carboxylic acids is 1. The van der Waals surface area contributed by atoms with Crippen LogP contribution in [0.4, 0.5) is 0 Å². The molecule has 2 aromatic rings. The number of hydrogen-bond donors (Lipinski definition) is 1. The van der Waals surface area contributed by atoms with Gasteiger partial charge in [0.05, 0.1) is 6.54 Å². The summed E-state index contributed by atoms with van der Waals surface area (Å²) in [5.74, 6) is 0.869. The Kier molecular flexibility index (Phi) is 7.19. The quantitative estimate of drug-likeness (QED) is 0.743. The molecule has 1 N–H and O–H groups in total. The van der Waals surface area contributed by atoms with Crippen LogP contribution in [0.2, 0.25) is 0 Å². The van der Waals surface area contributed by atoms with Crippen molar-refractivity contribution in [1.29, 1.82) is 0 Å². The molecule has 148 valence electrons. The monoisotopic (exact) mass is 371 g/mol. The summed E-state index contributed by atoms with van der Waals surface area (Å²) in [5.41, 5.74) is 4.20. The molecule has 0 aliphatic carbocycles. The van der Waals surface area contributed by atoms with Crippen molar-refractivity contribution in [3.05, 3.63) is 52.7 Å². The first-order chi connectivity index (χ1) is 12.7. The van der Waals surface area contributed by atoms with Crippen molar-refractivity contribution in [2.24, 2.45) is 5.92 Å². The molecule has 1 aromatic heterocycles. The van der Waals surface area contributed by atoms with Crippen LogP contribution in [0.5, 0.6) is 0 Å². The van der Waals surface area contributed by atoms with Gasteiger partial charge in [-0.15, -0.1) is 0 Å². The van der Waals surface area contributed by atoms with Gasteiger partial charge in [-0.25, -0.2) is 4.98 Å². The van der Waals surface area contributed by atoms with Gasteiger partial charge in [-0.05, 0) is 51.7 Å². The molecule has 0 fully saturated rings. The second-order valence-electron chi connectivity index (χ2n) is 8.07. The summed E-state index contributed by atoms with van der Waals surface area (Å²) in [6, 6.07) is 6.99. The average molecular weight is 372 g/mol. The van der Waals surface area contributed by atoms with Crippen LogP contribution >= 0.6 is 0 Å². The first-order valence-corrected chi connectivity index (χ1v) is 9.72. The van der Waals surface area contributed by atoms with Gasteiger partial charge in [-0.2, -0.15) is 0 Å². The van der Waals surface area contributed by atoms with E-state index in [0.29, 0.717) is 30.1 Å². The van der Waals surface area contributed by atoms with Crippen LogP contribution in [-0.2, 0) is 13.1 Å². The maximum atomic E-state index is 12.1. The number of hydrogen-bond acceptors (Lipinski definition) is 4. The van der Waals surface area contributed by atoms with Crippen molar-refractivity contribution < 1.29 is 9.21 Å². The highest BCUT2D eigenvalue weighted by atomic mass is 16.3. The third-order valence-electron chi connectivity index (χ3n) is 4.95. The minimum absolute atomic E-state index is 0.0691.